The van der Waals surface area contributed by atoms with Crippen molar-refractivity contribution in [2.75, 3.05) is 31.8 Å². The summed E-state index contributed by atoms with van der Waals surface area (Å²) in [5.74, 6) is -1.77. The highest BCUT2D eigenvalue weighted by atomic mass is 32.2. The van der Waals surface area contributed by atoms with Crippen LogP contribution in [0.25, 0.3) is 0 Å². The Morgan fingerprint density at radius 1 is 1.07 bits per heavy atom. The summed E-state index contributed by atoms with van der Waals surface area (Å²) in [5.41, 5.74) is 1.63. The van der Waals surface area contributed by atoms with Crippen LogP contribution in [0.3, 0.4) is 0 Å². The number of fused-ring (bicyclic) bond motifs is 2. The summed E-state index contributed by atoms with van der Waals surface area (Å²) in [7, 11) is 1.59. The third kappa shape index (κ3) is 4.32. The zero-order valence-corrected chi connectivity index (χ0v) is 23.0. The molecule has 2 fully saturated rings. The molecule has 4 aliphatic heterocycles. The van der Waals surface area contributed by atoms with Crippen LogP contribution in [-0.4, -0.2) is 76.7 Å². The Morgan fingerprint density at radius 2 is 1.85 bits per heavy atom. The van der Waals surface area contributed by atoms with Gasteiger partial charge in [0.2, 0.25) is 5.91 Å². The summed E-state index contributed by atoms with van der Waals surface area (Å²) >= 11 is 1.50. The van der Waals surface area contributed by atoms with E-state index in [4.69, 9.17) is 9.47 Å². The number of thioether (sulfide) groups is 1. The van der Waals surface area contributed by atoms with Crippen LogP contribution in [0.5, 0.6) is 5.75 Å². The maximum Gasteiger partial charge on any atom is 0.311 e. The van der Waals surface area contributed by atoms with Crippen LogP contribution in [0.1, 0.15) is 12.0 Å². The smallest absolute Gasteiger partial charge is 0.311 e. The number of carbonyl (C=O) groups is 3. The molecule has 6 rings (SSSR count). The van der Waals surface area contributed by atoms with Gasteiger partial charge in [-0.25, -0.2) is 0 Å². The Labute approximate surface area is 237 Å². The van der Waals surface area contributed by atoms with E-state index in [-0.39, 0.29) is 30.3 Å². The number of likely N-dealkylation sites (tertiary alicyclic amines) is 1. The van der Waals surface area contributed by atoms with Gasteiger partial charge in [-0.15, -0.1) is 11.8 Å². The summed E-state index contributed by atoms with van der Waals surface area (Å²) in [6.45, 7) is 0.261. The highest BCUT2D eigenvalue weighted by molar-refractivity contribution is 8.02. The molecule has 1 spiro atoms. The first-order valence-corrected chi connectivity index (χ1v) is 14.5. The highest BCUT2D eigenvalue weighted by Crippen LogP contribution is 2.61. The summed E-state index contributed by atoms with van der Waals surface area (Å²) in [6.07, 6.45) is 8.87. The fourth-order valence-electron chi connectivity index (χ4n) is 6.57. The molecular weight excluding hydrogens is 528 g/mol. The Hall–Kier alpha value is -3.56. The first-order chi connectivity index (χ1) is 19.5. The van der Waals surface area contributed by atoms with E-state index in [1.54, 1.807) is 29.0 Å². The number of methoxy groups -OCH3 is 1. The van der Waals surface area contributed by atoms with Gasteiger partial charge < -0.3 is 24.4 Å². The zero-order chi connectivity index (χ0) is 27.9. The van der Waals surface area contributed by atoms with Crippen molar-refractivity contribution in [3.8, 4) is 5.75 Å². The predicted octanol–water partition coefficient (Wildman–Crippen LogP) is 3.00. The van der Waals surface area contributed by atoms with Crippen LogP contribution in [0, 0.1) is 11.8 Å². The highest BCUT2D eigenvalue weighted by Gasteiger charge is 2.71. The zero-order valence-electron chi connectivity index (χ0n) is 22.2. The Bertz CT molecular complexity index is 1350. The molecule has 0 bridgehead atoms. The van der Waals surface area contributed by atoms with E-state index in [9.17, 15) is 19.5 Å². The summed E-state index contributed by atoms with van der Waals surface area (Å²) < 4.78 is 9.88. The SMILES string of the molecule is COc1ccc(N2CC=C[C@]34S[C@@H]5C=CCCOC(=O)[C@@H]5[C@H]3C(=O)N([C@@H](CO)Cc3ccccc3)C4C2=O)cc1. The molecule has 208 valence electrons. The molecule has 0 aliphatic carbocycles. The van der Waals surface area contributed by atoms with Gasteiger partial charge in [0.25, 0.3) is 5.91 Å². The number of cyclic esters (lactones) is 1. The van der Waals surface area contributed by atoms with Gasteiger partial charge >= 0.3 is 5.97 Å². The molecule has 6 atom stereocenters. The number of carbonyl (C=O) groups excluding carboxylic acids is 3. The fraction of sp³-hybridized carbons (Fsp3) is 0.387. The first-order valence-electron chi connectivity index (χ1n) is 13.6. The average molecular weight is 561 g/mol. The molecule has 0 radical (unpaired) electrons. The number of amides is 2. The van der Waals surface area contributed by atoms with Crippen molar-refractivity contribution in [2.45, 2.75) is 34.9 Å². The Morgan fingerprint density at radius 3 is 2.58 bits per heavy atom. The first kappa shape index (κ1) is 26.7. The van der Waals surface area contributed by atoms with Gasteiger partial charge in [-0.3, -0.25) is 14.4 Å². The number of aliphatic hydroxyl groups excluding tert-OH is 1. The number of hydrogen-bond donors (Lipinski definition) is 1. The largest absolute Gasteiger partial charge is 0.497 e. The monoisotopic (exact) mass is 560 g/mol. The van der Waals surface area contributed by atoms with E-state index in [1.807, 2.05) is 66.8 Å². The topological polar surface area (TPSA) is 96.4 Å². The van der Waals surface area contributed by atoms with Crippen molar-refractivity contribution >= 4 is 35.2 Å². The van der Waals surface area contributed by atoms with Gasteiger partial charge in [0.1, 0.15) is 11.8 Å². The molecular formula is C31H32N2O6S. The van der Waals surface area contributed by atoms with E-state index >= 15 is 0 Å². The molecule has 8 nitrogen and oxygen atoms in total. The fourth-order valence-corrected chi connectivity index (χ4v) is 8.56. The second kappa shape index (κ2) is 10.8. The van der Waals surface area contributed by atoms with Gasteiger partial charge in [0.05, 0.1) is 42.9 Å². The van der Waals surface area contributed by atoms with Gasteiger partial charge in [-0.05, 0) is 42.7 Å². The molecule has 2 aromatic carbocycles. The van der Waals surface area contributed by atoms with Crippen LogP contribution in [0.15, 0.2) is 78.9 Å². The van der Waals surface area contributed by atoms with E-state index in [0.29, 0.717) is 30.8 Å². The van der Waals surface area contributed by atoms with E-state index in [1.165, 1.54) is 11.8 Å². The number of hydrogen-bond acceptors (Lipinski definition) is 7. The maximum atomic E-state index is 14.6. The lowest BCUT2D eigenvalue weighted by atomic mass is 9.78. The molecule has 9 heteroatoms. The molecule has 2 amide bonds. The number of aliphatic hydroxyl groups is 1. The second-order valence-corrected chi connectivity index (χ2v) is 12.0. The molecule has 4 heterocycles. The van der Waals surface area contributed by atoms with E-state index in [2.05, 4.69) is 0 Å². The van der Waals surface area contributed by atoms with Crippen molar-refractivity contribution in [3.63, 3.8) is 0 Å². The lowest BCUT2D eigenvalue weighted by Gasteiger charge is -2.38. The Kier molecular flexibility index (Phi) is 7.18. The van der Waals surface area contributed by atoms with Crippen molar-refractivity contribution in [1.82, 2.24) is 4.90 Å². The molecule has 1 N–H and O–H groups in total. The number of ether oxygens (including phenoxy) is 2. The van der Waals surface area contributed by atoms with Gasteiger partial charge in [0.15, 0.2) is 0 Å². The molecule has 0 aromatic heterocycles. The molecule has 40 heavy (non-hydrogen) atoms. The quantitative estimate of drug-likeness (QED) is 0.429. The van der Waals surface area contributed by atoms with Gasteiger partial charge in [0, 0.05) is 17.5 Å². The molecule has 2 saturated heterocycles. The minimum absolute atomic E-state index is 0.239. The summed E-state index contributed by atoms with van der Waals surface area (Å²) in [5, 5.41) is 10.3. The third-order valence-electron chi connectivity index (χ3n) is 8.36. The van der Waals surface area contributed by atoms with E-state index < -0.39 is 34.6 Å². The van der Waals surface area contributed by atoms with Crippen molar-refractivity contribution in [2.24, 2.45) is 11.8 Å². The summed E-state index contributed by atoms with van der Waals surface area (Å²) in [4.78, 5) is 45.7. The van der Waals surface area contributed by atoms with Crippen LogP contribution in [0.2, 0.25) is 0 Å². The van der Waals surface area contributed by atoms with Gasteiger partial charge in [-0.1, -0.05) is 54.6 Å². The number of nitrogens with zero attached hydrogens (tertiary/aromatic N) is 2. The number of esters is 1. The second-order valence-electron chi connectivity index (χ2n) is 10.5. The molecule has 0 saturated carbocycles. The standard InChI is InChI=1S/C31H32N2O6S/c1-38-23-13-11-21(12-14-23)32-16-7-15-31-26(25-24(40-31)10-5-6-17-39-30(25)37)28(35)33(27(31)29(32)36)22(19-34)18-20-8-3-2-4-9-20/h2-5,7-15,22,24-27,34H,6,16-19H2,1H3/t22-,24-,25+,26+,27?,31+/m1/s1. The minimum Gasteiger partial charge on any atom is -0.497 e. The lowest BCUT2D eigenvalue weighted by Crippen LogP contribution is -2.57. The number of rotatable bonds is 6. The van der Waals surface area contributed by atoms with Crippen LogP contribution >= 0.6 is 11.8 Å². The van der Waals surface area contributed by atoms with Crippen molar-refractivity contribution < 1.29 is 29.0 Å². The van der Waals surface area contributed by atoms with Crippen LogP contribution < -0.4 is 9.64 Å². The predicted molar refractivity (Wildman–Crippen MR) is 152 cm³/mol. The van der Waals surface area contributed by atoms with Crippen molar-refractivity contribution in [3.05, 3.63) is 84.5 Å². The van der Waals surface area contributed by atoms with Crippen LogP contribution in [0.4, 0.5) is 5.69 Å². The minimum atomic E-state index is -0.984. The van der Waals surface area contributed by atoms with Crippen LogP contribution in [-0.2, 0) is 25.5 Å². The lowest BCUT2D eigenvalue weighted by molar-refractivity contribution is -0.153. The van der Waals surface area contributed by atoms with E-state index in [0.717, 1.165) is 5.56 Å². The van der Waals surface area contributed by atoms with Gasteiger partial charge in [-0.2, -0.15) is 0 Å². The summed E-state index contributed by atoms with van der Waals surface area (Å²) in [6, 6.07) is 15.3. The molecule has 2 aromatic rings. The number of anilines is 1. The molecule has 4 aliphatic rings. The Balaban J connectivity index is 1.46. The molecule has 1 unspecified atom stereocenters. The maximum absolute atomic E-state index is 14.6. The normalized spacial score (nSPS) is 30.1. The number of benzene rings is 2. The van der Waals surface area contributed by atoms with Crippen molar-refractivity contribution in [1.29, 1.82) is 0 Å². The third-order valence-corrected chi connectivity index (χ3v) is 10.1. The average Bonchev–Trinajstić information content (AvgIpc) is 3.35.